The molecule has 6 nitrogen and oxygen atoms in total. The lowest BCUT2D eigenvalue weighted by molar-refractivity contribution is -0.884. The molecule has 188 valence electrons. The molecule has 0 radical (unpaired) electrons. The van der Waals surface area contributed by atoms with Crippen LogP contribution in [0.25, 0.3) is 10.8 Å². The number of piperazine rings is 1. The molecule has 0 saturated carbocycles. The molecule has 0 atom stereocenters. The molecule has 0 spiro atoms. The minimum atomic E-state index is 0.188. The van der Waals surface area contributed by atoms with Crippen LogP contribution in [0.5, 0.6) is 11.5 Å². The van der Waals surface area contributed by atoms with Crippen molar-refractivity contribution in [2.24, 2.45) is 9.98 Å². The number of nitrogens with zero attached hydrogens (tertiary/aromatic N) is 3. The molecule has 3 N–H and O–H groups in total. The lowest BCUT2D eigenvalue weighted by atomic mass is 10.0. The number of aliphatic imine (C=N–C) groups is 2. The Hall–Kier alpha value is -4.00. The van der Waals surface area contributed by atoms with Gasteiger partial charge in [-0.05, 0) is 48.2 Å². The van der Waals surface area contributed by atoms with Gasteiger partial charge in [-0.2, -0.15) is 0 Å². The van der Waals surface area contributed by atoms with Crippen LogP contribution in [0.2, 0.25) is 0 Å². The highest BCUT2D eigenvalue weighted by Gasteiger charge is 2.19. The van der Waals surface area contributed by atoms with Gasteiger partial charge in [0.2, 0.25) is 0 Å². The summed E-state index contributed by atoms with van der Waals surface area (Å²) in [7, 11) is 2.23. The third-order valence-electron chi connectivity index (χ3n) is 6.95. The van der Waals surface area contributed by atoms with E-state index in [1.165, 1.54) is 0 Å². The van der Waals surface area contributed by atoms with Crippen molar-refractivity contribution < 1.29 is 15.1 Å². The van der Waals surface area contributed by atoms with Crippen molar-refractivity contribution in [1.82, 2.24) is 4.90 Å². The maximum Gasteiger partial charge on any atom is 0.128 e. The number of fused-ring (bicyclic) bond motifs is 1. The second kappa shape index (κ2) is 10.9. The molecule has 4 aromatic carbocycles. The fourth-order valence-corrected chi connectivity index (χ4v) is 4.83. The molecule has 6 heteroatoms. The number of benzene rings is 4. The van der Waals surface area contributed by atoms with E-state index in [4.69, 9.17) is 4.99 Å². The SMILES string of the molecule is Cc1cc(C=Nc2cccc3cccc(N=Cc4ccccc4O)c23)c(O)c(CN2CC[NH+](C)CC2)c1. The Labute approximate surface area is 217 Å². The number of aryl methyl sites for hydroxylation is 1. The standard InChI is InChI=1S/C31H32N4O2/c1-22-17-25(31(37)26(18-22)21-35-15-13-34(2)14-16-35)20-33-28-11-6-9-23-8-5-10-27(30(23)28)32-19-24-7-3-4-12-29(24)36/h3-12,17-20,36-37H,13-16,21H2,1-2H3/p+1. The van der Waals surface area contributed by atoms with Crippen molar-refractivity contribution >= 4 is 34.6 Å². The first kappa shape index (κ1) is 24.7. The second-order valence-corrected chi connectivity index (χ2v) is 9.82. The van der Waals surface area contributed by atoms with Crippen molar-refractivity contribution in [3.05, 3.63) is 95.1 Å². The van der Waals surface area contributed by atoms with Crippen LogP contribution in [0.3, 0.4) is 0 Å². The molecular weight excluding hydrogens is 460 g/mol. The van der Waals surface area contributed by atoms with Crippen LogP contribution in [-0.4, -0.2) is 60.8 Å². The van der Waals surface area contributed by atoms with Crippen LogP contribution in [0.1, 0.15) is 22.3 Å². The lowest BCUT2D eigenvalue weighted by Gasteiger charge is -2.30. The number of aromatic hydroxyl groups is 2. The Morgan fingerprint density at radius 1 is 0.838 bits per heavy atom. The van der Waals surface area contributed by atoms with Crippen molar-refractivity contribution in [3.8, 4) is 11.5 Å². The zero-order valence-electron chi connectivity index (χ0n) is 21.4. The van der Waals surface area contributed by atoms with E-state index in [0.717, 1.165) is 66.0 Å². The molecule has 0 aliphatic carbocycles. The topological polar surface area (TPSA) is 72.9 Å². The van der Waals surface area contributed by atoms with E-state index in [-0.39, 0.29) is 5.75 Å². The van der Waals surface area contributed by atoms with E-state index in [1.807, 2.05) is 54.6 Å². The molecule has 0 unspecified atom stereocenters. The quantitative estimate of drug-likeness (QED) is 0.349. The number of phenolic OH excluding ortho intramolecular Hbond substituents is 2. The van der Waals surface area contributed by atoms with Gasteiger partial charge in [0.15, 0.2) is 0 Å². The van der Waals surface area contributed by atoms with Gasteiger partial charge >= 0.3 is 0 Å². The van der Waals surface area contributed by atoms with Crippen molar-refractivity contribution in [3.63, 3.8) is 0 Å². The number of rotatable bonds is 6. The summed E-state index contributed by atoms with van der Waals surface area (Å²) in [6.45, 7) is 7.10. The highest BCUT2D eigenvalue weighted by atomic mass is 16.3. The fraction of sp³-hybridized carbons (Fsp3) is 0.226. The average molecular weight is 494 g/mol. The van der Waals surface area contributed by atoms with Crippen LogP contribution in [-0.2, 0) is 6.54 Å². The molecule has 1 aliphatic rings. The summed E-state index contributed by atoms with van der Waals surface area (Å²) in [5.74, 6) is 0.479. The summed E-state index contributed by atoms with van der Waals surface area (Å²) in [6, 6.07) is 23.1. The Morgan fingerprint density at radius 2 is 1.49 bits per heavy atom. The number of para-hydroxylation sites is 1. The molecule has 1 saturated heterocycles. The first-order valence-electron chi connectivity index (χ1n) is 12.7. The highest BCUT2D eigenvalue weighted by molar-refractivity contribution is 6.04. The molecule has 0 amide bonds. The summed E-state index contributed by atoms with van der Waals surface area (Å²) in [5, 5.41) is 23.2. The minimum Gasteiger partial charge on any atom is -0.507 e. The highest BCUT2D eigenvalue weighted by Crippen LogP contribution is 2.35. The van der Waals surface area contributed by atoms with Crippen molar-refractivity contribution in [2.45, 2.75) is 13.5 Å². The normalized spacial score (nSPS) is 15.3. The third kappa shape index (κ3) is 5.71. The summed E-state index contributed by atoms with van der Waals surface area (Å²) >= 11 is 0. The van der Waals surface area contributed by atoms with Crippen LogP contribution < -0.4 is 4.90 Å². The molecule has 4 aromatic rings. The zero-order chi connectivity index (χ0) is 25.8. The maximum atomic E-state index is 11.1. The summed E-state index contributed by atoms with van der Waals surface area (Å²) in [4.78, 5) is 13.5. The van der Waals surface area contributed by atoms with E-state index < -0.39 is 0 Å². The van der Waals surface area contributed by atoms with E-state index in [1.54, 1.807) is 29.5 Å². The molecule has 1 aliphatic heterocycles. The van der Waals surface area contributed by atoms with Gasteiger partial charge < -0.3 is 15.1 Å². The Balaban J connectivity index is 1.47. The van der Waals surface area contributed by atoms with Gasteiger partial charge in [0.1, 0.15) is 11.5 Å². The van der Waals surface area contributed by atoms with Gasteiger partial charge in [0.25, 0.3) is 0 Å². The van der Waals surface area contributed by atoms with Gasteiger partial charge in [-0.25, -0.2) is 0 Å². The van der Waals surface area contributed by atoms with Crippen LogP contribution in [0.4, 0.5) is 11.4 Å². The van der Waals surface area contributed by atoms with Crippen molar-refractivity contribution in [2.75, 3.05) is 33.2 Å². The second-order valence-electron chi connectivity index (χ2n) is 9.82. The summed E-state index contributed by atoms with van der Waals surface area (Å²) in [5.41, 5.74) is 4.93. The van der Waals surface area contributed by atoms with Gasteiger partial charge in [0.05, 0.1) is 31.5 Å². The first-order chi connectivity index (χ1) is 18.0. The van der Waals surface area contributed by atoms with Crippen LogP contribution in [0, 0.1) is 6.92 Å². The average Bonchev–Trinajstić information content (AvgIpc) is 2.90. The van der Waals surface area contributed by atoms with E-state index >= 15 is 0 Å². The molecule has 1 heterocycles. The predicted octanol–water partition coefficient (Wildman–Crippen LogP) is 4.39. The van der Waals surface area contributed by atoms with Gasteiger partial charge in [-0.15, -0.1) is 0 Å². The molecule has 37 heavy (non-hydrogen) atoms. The summed E-state index contributed by atoms with van der Waals surface area (Å²) < 4.78 is 0. The van der Waals surface area contributed by atoms with E-state index in [2.05, 4.69) is 29.9 Å². The number of likely N-dealkylation sites (N-methyl/N-ethyl adjacent to an activating group) is 1. The predicted molar refractivity (Wildman–Crippen MR) is 151 cm³/mol. The molecular formula is C31H33N4O2+. The van der Waals surface area contributed by atoms with Gasteiger partial charge in [-0.3, -0.25) is 14.9 Å². The number of nitrogens with one attached hydrogen (secondary N) is 1. The Bertz CT molecular complexity index is 1460. The molecule has 5 rings (SSSR count). The fourth-order valence-electron chi connectivity index (χ4n) is 4.83. The number of hydrogen-bond donors (Lipinski definition) is 3. The zero-order valence-corrected chi connectivity index (χ0v) is 21.4. The Morgan fingerprint density at radius 3 is 2.16 bits per heavy atom. The van der Waals surface area contributed by atoms with E-state index in [9.17, 15) is 10.2 Å². The monoisotopic (exact) mass is 493 g/mol. The molecule has 0 bridgehead atoms. The number of phenols is 2. The first-order valence-corrected chi connectivity index (χ1v) is 12.7. The smallest absolute Gasteiger partial charge is 0.128 e. The third-order valence-corrected chi connectivity index (χ3v) is 6.95. The van der Waals surface area contributed by atoms with Crippen molar-refractivity contribution in [1.29, 1.82) is 0 Å². The summed E-state index contributed by atoms with van der Waals surface area (Å²) in [6.07, 6.45) is 3.42. The van der Waals surface area contributed by atoms with Crippen LogP contribution in [0.15, 0.2) is 82.8 Å². The lowest BCUT2D eigenvalue weighted by Crippen LogP contribution is -3.11. The Kier molecular flexibility index (Phi) is 7.30. The largest absolute Gasteiger partial charge is 0.507 e. The molecule has 0 aromatic heterocycles. The molecule has 1 fully saturated rings. The number of hydrogen-bond acceptors (Lipinski definition) is 5. The maximum absolute atomic E-state index is 11.1. The van der Waals surface area contributed by atoms with Gasteiger partial charge in [0, 0.05) is 54.1 Å². The van der Waals surface area contributed by atoms with Gasteiger partial charge in [-0.1, -0.05) is 42.5 Å². The van der Waals surface area contributed by atoms with E-state index in [0.29, 0.717) is 16.9 Å². The van der Waals surface area contributed by atoms with Crippen LogP contribution >= 0.6 is 0 Å². The minimum absolute atomic E-state index is 0.188. The number of quaternary nitrogens is 1.